The first kappa shape index (κ1) is 17.7. The van der Waals surface area contributed by atoms with E-state index in [4.69, 9.17) is 9.84 Å². The highest BCUT2D eigenvalue weighted by atomic mass is 16.5. The van der Waals surface area contributed by atoms with Crippen molar-refractivity contribution in [3.05, 3.63) is 32.6 Å². The van der Waals surface area contributed by atoms with Crippen molar-refractivity contribution in [1.29, 1.82) is 0 Å². The fraction of sp³-hybridized carbons (Fsp3) is 0.500. The van der Waals surface area contributed by atoms with Crippen molar-refractivity contribution in [1.82, 2.24) is 14.9 Å². The molecule has 1 aromatic rings. The second-order valence-corrected chi connectivity index (χ2v) is 4.66. The predicted molar refractivity (Wildman–Crippen MR) is 79.5 cm³/mol. The van der Waals surface area contributed by atoms with E-state index in [0.29, 0.717) is 0 Å². The molecule has 0 atom stereocenters. The number of rotatable bonds is 6. The summed E-state index contributed by atoms with van der Waals surface area (Å²) < 4.78 is 6.20. The van der Waals surface area contributed by atoms with Crippen LogP contribution >= 0.6 is 0 Å². The number of hydrogen-bond acceptors (Lipinski definition) is 5. The quantitative estimate of drug-likeness (QED) is 0.441. The molecule has 1 aromatic heterocycles. The number of hydrogen-bond donors (Lipinski definition) is 3. The average molecular weight is 309 g/mol. The Labute approximate surface area is 127 Å². The SMILES string of the molecule is CC(C)n1cc(C#CCNC(=O)COCCO)c(=O)[nH]c1=O. The minimum atomic E-state index is -0.563. The topological polar surface area (TPSA) is 113 Å². The monoisotopic (exact) mass is 309 g/mol. The molecule has 8 nitrogen and oxygen atoms in total. The van der Waals surface area contributed by atoms with Gasteiger partial charge in [0.1, 0.15) is 12.2 Å². The molecule has 0 aliphatic carbocycles. The first-order valence-corrected chi connectivity index (χ1v) is 6.75. The summed E-state index contributed by atoms with van der Waals surface area (Å²) in [4.78, 5) is 36.6. The van der Waals surface area contributed by atoms with Crippen LogP contribution in [0, 0.1) is 11.8 Å². The standard InChI is InChI=1S/C14H19N3O5/c1-10(2)17-8-11(13(20)16-14(17)21)4-3-5-15-12(19)9-22-7-6-18/h8,10,18H,5-7,9H2,1-2H3,(H,15,19)(H,16,20,21). The molecule has 0 spiro atoms. The number of aromatic amines is 1. The molecule has 0 aliphatic rings. The molecular formula is C14H19N3O5. The molecule has 3 N–H and O–H groups in total. The molecule has 22 heavy (non-hydrogen) atoms. The molecular weight excluding hydrogens is 290 g/mol. The summed E-state index contributed by atoms with van der Waals surface area (Å²) >= 11 is 0. The molecule has 0 bridgehead atoms. The van der Waals surface area contributed by atoms with Crippen LogP contribution in [-0.2, 0) is 9.53 Å². The molecule has 0 aliphatic heterocycles. The lowest BCUT2D eigenvalue weighted by molar-refractivity contribution is -0.125. The Morgan fingerprint density at radius 1 is 1.50 bits per heavy atom. The Morgan fingerprint density at radius 2 is 2.23 bits per heavy atom. The lowest BCUT2D eigenvalue weighted by atomic mass is 10.3. The number of aromatic nitrogens is 2. The maximum Gasteiger partial charge on any atom is 0.328 e. The number of carbonyl (C=O) groups is 1. The van der Waals surface area contributed by atoms with Gasteiger partial charge in [-0.2, -0.15) is 0 Å². The third-order valence-electron chi connectivity index (χ3n) is 2.59. The Morgan fingerprint density at radius 3 is 2.86 bits per heavy atom. The number of aliphatic hydroxyl groups is 1. The molecule has 0 aromatic carbocycles. The fourth-order valence-electron chi connectivity index (χ4n) is 1.52. The van der Waals surface area contributed by atoms with Crippen LogP contribution in [0.4, 0.5) is 0 Å². The van der Waals surface area contributed by atoms with E-state index in [1.54, 1.807) is 0 Å². The van der Waals surface area contributed by atoms with E-state index >= 15 is 0 Å². The molecule has 0 radical (unpaired) electrons. The summed E-state index contributed by atoms with van der Waals surface area (Å²) in [6, 6.07) is -0.103. The van der Waals surface area contributed by atoms with Gasteiger partial charge in [0.05, 0.1) is 19.8 Å². The number of aliphatic hydroxyl groups excluding tert-OH is 1. The minimum absolute atomic E-state index is 0.0432. The zero-order valence-electron chi connectivity index (χ0n) is 12.5. The van der Waals surface area contributed by atoms with Crippen molar-refractivity contribution >= 4 is 5.91 Å². The van der Waals surface area contributed by atoms with Crippen molar-refractivity contribution < 1.29 is 14.6 Å². The number of nitrogens with one attached hydrogen (secondary N) is 2. The highest BCUT2D eigenvalue weighted by Gasteiger charge is 2.05. The van der Waals surface area contributed by atoms with E-state index in [1.165, 1.54) is 10.8 Å². The number of H-pyrrole nitrogens is 1. The Hall–Kier alpha value is -2.37. The van der Waals surface area contributed by atoms with Crippen molar-refractivity contribution in [3.63, 3.8) is 0 Å². The molecule has 0 unspecified atom stereocenters. The highest BCUT2D eigenvalue weighted by molar-refractivity contribution is 5.77. The van der Waals surface area contributed by atoms with Crippen LogP contribution in [0.5, 0.6) is 0 Å². The Bertz CT molecular complexity index is 678. The van der Waals surface area contributed by atoms with Crippen LogP contribution in [0.15, 0.2) is 15.8 Å². The van der Waals surface area contributed by atoms with Gasteiger partial charge in [0, 0.05) is 12.2 Å². The fourth-order valence-corrected chi connectivity index (χ4v) is 1.52. The van der Waals surface area contributed by atoms with Crippen molar-refractivity contribution in [2.75, 3.05) is 26.4 Å². The third-order valence-corrected chi connectivity index (χ3v) is 2.59. The van der Waals surface area contributed by atoms with Gasteiger partial charge in [-0.1, -0.05) is 11.8 Å². The van der Waals surface area contributed by atoms with Gasteiger partial charge in [-0.15, -0.1) is 0 Å². The van der Waals surface area contributed by atoms with Gasteiger partial charge in [0.25, 0.3) is 5.56 Å². The third kappa shape index (κ3) is 5.55. The predicted octanol–water partition coefficient (Wildman–Crippen LogP) is -1.41. The van der Waals surface area contributed by atoms with Crippen molar-refractivity contribution in [3.8, 4) is 11.8 Å². The molecule has 1 heterocycles. The molecule has 0 fully saturated rings. The van der Waals surface area contributed by atoms with Crippen LogP contribution in [-0.4, -0.2) is 46.9 Å². The lowest BCUT2D eigenvalue weighted by Crippen LogP contribution is -2.32. The van der Waals surface area contributed by atoms with Gasteiger partial charge in [-0.3, -0.25) is 19.1 Å². The second-order valence-electron chi connectivity index (χ2n) is 4.66. The molecule has 1 rings (SSSR count). The van der Waals surface area contributed by atoms with E-state index < -0.39 is 11.2 Å². The molecule has 8 heteroatoms. The Balaban J connectivity index is 2.65. The van der Waals surface area contributed by atoms with E-state index in [1.807, 2.05) is 13.8 Å². The van der Waals surface area contributed by atoms with Gasteiger partial charge in [0.2, 0.25) is 5.91 Å². The van der Waals surface area contributed by atoms with Gasteiger partial charge < -0.3 is 15.2 Å². The number of nitrogens with zero attached hydrogens (tertiary/aromatic N) is 1. The largest absolute Gasteiger partial charge is 0.394 e. The smallest absolute Gasteiger partial charge is 0.328 e. The molecule has 0 saturated heterocycles. The van der Waals surface area contributed by atoms with Gasteiger partial charge >= 0.3 is 5.69 Å². The normalized spacial score (nSPS) is 10.2. The summed E-state index contributed by atoms with van der Waals surface area (Å²) in [6.45, 7) is 3.43. The highest BCUT2D eigenvalue weighted by Crippen LogP contribution is 1.98. The maximum absolute atomic E-state index is 11.6. The van der Waals surface area contributed by atoms with Gasteiger partial charge in [-0.05, 0) is 13.8 Å². The summed E-state index contributed by atoms with van der Waals surface area (Å²) in [5.74, 6) is 4.86. The second kappa shape index (κ2) is 8.81. The number of ether oxygens (including phenoxy) is 1. The average Bonchev–Trinajstić information content (AvgIpc) is 2.45. The van der Waals surface area contributed by atoms with Crippen LogP contribution in [0.3, 0.4) is 0 Å². The first-order chi connectivity index (χ1) is 10.5. The molecule has 0 saturated carbocycles. The summed E-state index contributed by atoms with van der Waals surface area (Å²) in [7, 11) is 0. The van der Waals surface area contributed by atoms with E-state index in [-0.39, 0.29) is 43.9 Å². The summed E-state index contributed by atoms with van der Waals surface area (Å²) in [5, 5.41) is 11.0. The van der Waals surface area contributed by atoms with Crippen LogP contribution in [0.25, 0.3) is 0 Å². The van der Waals surface area contributed by atoms with Crippen molar-refractivity contribution in [2.45, 2.75) is 19.9 Å². The van der Waals surface area contributed by atoms with E-state index in [0.717, 1.165) is 0 Å². The van der Waals surface area contributed by atoms with Gasteiger partial charge in [-0.25, -0.2) is 4.79 Å². The molecule has 1 amide bonds. The van der Waals surface area contributed by atoms with Crippen LogP contribution < -0.4 is 16.6 Å². The van der Waals surface area contributed by atoms with E-state index in [2.05, 4.69) is 22.1 Å². The molecule has 120 valence electrons. The Kier molecular flexibility index (Phi) is 7.08. The first-order valence-electron chi connectivity index (χ1n) is 6.75. The lowest BCUT2D eigenvalue weighted by Gasteiger charge is -2.08. The van der Waals surface area contributed by atoms with Crippen molar-refractivity contribution in [2.24, 2.45) is 0 Å². The number of carbonyl (C=O) groups excluding carboxylic acids is 1. The van der Waals surface area contributed by atoms with Crippen LogP contribution in [0.2, 0.25) is 0 Å². The summed E-state index contributed by atoms with van der Waals surface area (Å²) in [5.41, 5.74) is -0.897. The number of amides is 1. The minimum Gasteiger partial charge on any atom is -0.394 e. The zero-order valence-corrected chi connectivity index (χ0v) is 12.5. The van der Waals surface area contributed by atoms with E-state index in [9.17, 15) is 14.4 Å². The van der Waals surface area contributed by atoms with Crippen LogP contribution in [0.1, 0.15) is 25.5 Å². The zero-order chi connectivity index (χ0) is 16.5. The summed E-state index contributed by atoms with van der Waals surface area (Å²) in [6.07, 6.45) is 1.39. The maximum atomic E-state index is 11.6. The van der Waals surface area contributed by atoms with Gasteiger partial charge in [0.15, 0.2) is 0 Å².